The van der Waals surface area contributed by atoms with Gasteiger partial charge in [0.15, 0.2) is 0 Å². The molecule has 0 bridgehead atoms. The largest absolute Gasteiger partial charge is 0.335 e. The molecule has 5 heteroatoms. The minimum Gasteiger partial charge on any atom is -0.335 e. The standard InChI is InChI=1S/C10H15BrN4/c1-2-3-15(9-6-12-7-9)10-13-4-8(11)5-14-10/h4-5,9,12H,2-3,6-7H2,1H3. The number of nitrogens with one attached hydrogen (secondary N) is 1. The maximum atomic E-state index is 4.34. The van der Waals surface area contributed by atoms with Gasteiger partial charge in [0.2, 0.25) is 5.95 Å². The first-order valence-corrected chi connectivity index (χ1v) is 6.05. The molecule has 0 spiro atoms. The lowest BCUT2D eigenvalue weighted by Crippen LogP contribution is -2.58. The van der Waals surface area contributed by atoms with Crippen molar-refractivity contribution in [1.82, 2.24) is 15.3 Å². The van der Waals surface area contributed by atoms with E-state index in [2.05, 4.69) is 43.0 Å². The fourth-order valence-electron chi connectivity index (χ4n) is 1.63. The van der Waals surface area contributed by atoms with Crippen molar-refractivity contribution in [1.29, 1.82) is 0 Å². The van der Waals surface area contributed by atoms with E-state index in [0.717, 1.165) is 36.5 Å². The molecule has 1 fully saturated rings. The van der Waals surface area contributed by atoms with Crippen molar-refractivity contribution in [2.24, 2.45) is 0 Å². The Hall–Kier alpha value is -0.680. The fraction of sp³-hybridized carbons (Fsp3) is 0.600. The molecule has 1 aromatic heterocycles. The second-order valence-electron chi connectivity index (χ2n) is 3.71. The van der Waals surface area contributed by atoms with Gasteiger partial charge in [-0.25, -0.2) is 9.97 Å². The lowest BCUT2D eigenvalue weighted by atomic mass is 10.1. The molecule has 82 valence electrons. The molecule has 0 saturated carbocycles. The van der Waals surface area contributed by atoms with Gasteiger partial charge in [-0.2, -0.15) is 0 Å². The van der Waals surface area contributed by atoms with Gasteiger partial charge in [0.25, 0.3) is 0 Å². The highest BCUT2D eigenvalue weighted by Gasteiger charge is 2.25. The predicted molar refractivity (Wildman–Crippen MR) is 64.0 cm³/mol. The van der Waals surface area contributed by atoms with Crippen LogP contribution in [0.3, 0.4) is 0 Å². The molecule has 2 heterocycles. The third-order valence-electron chi connectivity index (χ3n) is 2.53. The van der Waals surface area contributed by atoms with Gasteiger partial charge in [0.1, 0.15) is 0 Å². The summed E-state index contributed by atoms with van der Waals surface area (Å²) in [5.74, 6) is 0.839. The summed E-state index contributed by atoms with van der Waals surface area (Å²) in [5.41, 5.74) is 0. The zero-order chi connectivity index (χ0) is 10.7. The molecule has 0 unspecified atom stereocenters. The van der Waals surface area contributed by atoms with E-state index in [9.17, 15) is 0 Å². The third-order valence-corrected chi connectivity index (χ3v) is 2.94. The Balaban J connectivity index is 2.12. The average molecular weight is 271 g/mol. The molecule has 1 N–H and O–H groups in total. The molecule has 0 atom stereocenters. The van der Waals surface area contributed by atoms with Crippen molar-refractivity contribution in [3.63, 3.8) is 0 Å². The first-order valence-electron chi connectivity index (χ1n) is 5.26. The average Bonchev–Trinajstić information content (AvgIpc) is 2.16. The first kappa shape index (κ1) is 10.8. The molecule has 1 aromatic rings. The van der Waals surface area contributed by atoms with Crippen LogP contribution in [-0.4, -0.2) is 35.6 Å². The van der Waals surface area contributed by atoms with Crippen LogP contribution in [0.2, 0.25) is 0 Å². The van der Waals surface area contributed by atoms with Crippen molar-refractivity contribution in [2.75, 3.05) is 24.5 Å². The van der Waals surface area contributed by atoms with Crippen LogP contribution in [0.25, 0.3) is 0 Å². The lowest BCUT2D eigenvalue weighted by Gasteiger charge is -2.38. The van der Waals surface area contributed by atoms with Gasteiger partial charge in [-0.05, 0) is 22.4 Å². The van der Waals surface area contributed by atoms with Gasteiger partial charge in [-0.3, -0.25) is 0 Å². The van der Waals surface area contributed by atoms with E-state index in [4.69, 9.17) is 0 Å². The molecule has 1 aliphatic rings. The summed E-state index contributed by atoms with van der Waals surface area (Å²) >= 11 is 3.35. The SMILES string of the molecule is CCCN(c1ncc(Br)cn1)C1CNC1. The molecule has 15 heavy (non-hydrogen) atoms. The molecule has 0 amide bonds. The molecule has 0 aromatic carbocycles. The minimum atomic E-state index is 0.561. The molecular formula is C10H15BrN4. The first-order chi connectivity index (χ1) is 7.31. The quantitative estimate of drug-likeness (QED) is 0.899. The Morgan fingerprint density at radius 3 is 2.60 bits per heavy atom. The predicted octanol–water partition coefficient (Wildman–Crippen LogP) is 1.43. The number of aromatic nitrogens is 2. The zero-order valence-corrected chi connectivity index (χ0v) is 10.4. The number of hydrogen-bond donors (Lipinski definition) is 1. The number of halogens is 1. The van der Waals surface area contributed by atoms with Crippen LogP contribution in [0.15, 0.2) is 16.9 Å². The van der Waals surface area contributed by atoms with E-state index in [1.807, 2.05) is 0 Å². The molecule has 2 rings (SSSR count). The van der Waals surface area contributed by atoms with Crippen LogP contribution in [0.4, 0.5) is 5.95 Å². The molecule has 0 aliphatic carbocycles. The summed E-state index contributed by atoms with van der Waals surface area (Å²) in [6.07, 6.45) is 4.73. The smallest absolute Gasteiger partial charge is 0.225 e. The van der Waals surface area contributed by atoms with Crippen molar-refractivity contribution < 1.29 is 0 Å². The molecule has 0 radical (unpaired) electrons. The van der Waals surface area contributed by atoms with Gasteiger partial charge in [-0.1, -0.05) is 6.92 Å². The zero-order valence-electron chi connectivity index (χ0n) is 8.78. The van der Waals surface area contributed by atoms with Gasteiger partial charge < -0.3 is 10.2 Å². The Kier molecular flexibility index (Phi) is 3.53. The minimum absolute atomic E-state index is 0.561. The summed E-state index contributed by atoms with van der Waals surface area (Å²) in [4.78, 5) is 11.0. The maximum Gasteiger partial charge on any atom is 0.225 e. The Morgan fingerprint density at radius 1 is 1.47 bits per heavy atom. The fourth-order valence-corrected chi connectivity index (χ4v) is 1.84. The van der Waals surface area contributed by atoms with E-state index in [1.54, 1.807) is 12.4 Å². The van der Waals surface area contributed by atoms with Crippen LogP contribution in [0.5, 0.6) is 0 Å². The van der Waals surface area contributed by atoms with Crippen molar-refractivity contribution in [3.8, 4) is 0 Å². The highest BCUT2D eigenvalue weighted by atomic mass is 79.9. The second-order valence-corrected chi connectivity index (χ2v) is 4.62. The highest BCUT2D eigenvalue weighted by Crippen LogP contribution is 2.16. The summed E-state index contributed by atoms with van der Waals surface area (Å²) in [6.45, 7) is 5.28. The summed E-state index contributed by atoms with van der Waals surface area (Å²) < 4.78 is 0.925. The number of anilines is 1. The maximum absolute atomic E-state index is 4.34. The van der Waals surface area contributed by atoms with Crippen molar-refractivity contribution in [2.45, 2.75) is 19.4 Å². The van der Waals surface area contributed by atoms with E-state index < -0.39 is 0 Å². The van der Waals surface area contributed by atoms with Crippen LogP contribution in [0, 0.1) is 0 Å². The third kappa shape index (κ3) is 2.46. The summed E-state index contributed by atoms with van der Waals surface area (Å²) in [7, 11) is 0. The van der Waals surface area contributed by atoms with E-state index in [1.165, 1.54) is 0 Å². The monoisotopic (exact) mass is 270 g/mol. The molecule has 4 nitrogen and oxygen atoms in total. The summed E-state index contributed by atoms with van der Waals surface area (Å²) in [5, 5.41) is 3.27. The van der Waals surface area contributed by atoms with Crippen molar-refractivity contribution in [3.05, 3.63) is 16.9 Å². The molecular weight excluding hydrogens is 256 g/mol. The van der Waals surface area contributed by atoms with Gasteiger partial charge >= 0.3 is 0 Å². The molecule has 1 aliphatic heterocycles. The second kappa shape index (κ2) is 4.90. The van der Waals surface area contributed by atoms with Gasteiger partial charge in [0, 0.05) is 32.0 Å². The van der Waals surface area contributed by atoms with Crippen LogP contribution >= 0.6 is 15.9 Å². The van der Waals surface area contributed by atoms with Crippen molar-refractivity contribution >= 4 is 21.9 Å². The Labute approximate surface area is 98.2 Å². The van der Waals surface area contributed by atoms with E-state index in [0.29, 0.717) is 6.04 Å². The number of rotatable bonds is 4. The topological polar surface area (TPSA) is 41.1 Å². The summed E-state index contributed by atoms with van der Waals surface area (Å²) in [6, 6.07) is 0.561. The number of nitrogens with zero attached hydrogens (tertiary/aromatic N) is 3. The van der Waals surface area contributed by atoms with E-state index in [-0.39, 0.29) is 0 Å². The van der Waals surface area contributed by atoms with E-state index >= 15 is 0 Å². The van der Waals surface area contributed by atoms with Gasteiger partial charge in [-0.15, -0.1) is 0 Å². The normalized spacial score (nSPS) is 16.1. The highest BCUT2D eigenvalue weighted by molar-refractivity contribution is 9.10. The van der Waals surface area contributed by atoms with Crippen LogP contribution in [-0.2, 0) is 0 Å². The van der Waals surface area contributed by atoms with Gasteiger partial charge in [0.05, 0.1) is 10.5 Å². The van der Waals surface area contributed by atoms with Crippen LogP contribution in [0.1, 0.15) is 13.3 Å². The number of hydrogen-bond acceptors (Lipinski definition) is 4. The van der Waals surface area contributed by atoms with Crippen LogP contribution < -0.4 is 10.2 Å². The lowest BCUT2D eigenvalue weighted by molar-refractivity contribution is 0.408. The Morgan fingerprint density at radius 2 is 2.13 bits per heavy atom. The Bertz CT molecular complexity index is 310. The molecule has 1 saturated heterocycles.